The molecule has 0 bridgehead atoms. The Morgan fingerprint density at radius 2 is 1.81 bits per heavy atom. The molecule has 1 unspecified atom stereocenters. The molecule has 0 fully saturated rings. The SMILES string of the molecule is CC(CC(=O)O)NC(=O)COc1ccc(C(C)(C)C)cc1. The number of carboxylic acid groups (broad SMARTS) is 1. The average molecular weight is 293 g/mol. The molecule has 116 valence electrons. The van der Waals surface area contributed by atoms with Crippen LogP contribution in [0.1, 0.15) is 39.7 Å². The predicted octanol–water partition coefficient (Wildman–Crippen LogP) is 2.34. The van der Waals surface area contributed by atoms with Crippen LogP contribution in [0.5, 0.6) is 5.75 Å². The molecule has 0 aliphatic carbocycles. The molecule has 5 nitrogen and oxygen atoms in total. The molecule has 5 heteroatoms. The van der Waals surface area contributed by atoms with Gasteiger partial charge in [0.1, 0.15) is 5.75 Å². The summed E-state index contributed by atoms with van der Waals surface area (Å²) in [4.78, 5) is 22.1. The molecule has 0 spiro atoms. The number of hydrogen-bond donors (Lipinski definition) is 2. The number of aliphatic carboxylic acids is 1. The van der Waals surface area contributed by atoms with E-state index in [0.29, 0.717) is 5.75 Å². The molecule has 1 amide bonds. The van der Waals surface area contributed by atoms with Gasteiger partial charge in [0.05, 0.1) is 6.42 Å². The molecule has 21 heavy (non-hydrogen) atoms. The zero-order valence-corrected chi connectivity index (χ0v) is 13.0. The van der Waals surface area contributed by atoms with Gasteiger partial charge in [-0.1, -0.05) is 32.9 Å². The third kappa shape index (κ3) is 6.29. The minimum atomic E-state index is -0.943. The fraction of sp³-hybridized carbons (Fsp3) is 0.500. The number of carboxylic acids is 1. The third-order valence-electron chi connectivity index (χ3n) is 2.98. The summed E-state index contributed by atoms with van der Waals surface area (Å²) >= 11 is 0. The minimum Gasteiger partial charge on any atom is -0.484 e. The summed E-state index contributed by atoms with van der Waals surface area (Å²) in [6, 6.07) is 7.19. The lowest BCUT2D eigenvalue weighted by molar-refractivity contribution is -0.137. The standard InChI is InChI=1S/C16H23NO4/c1-11(9-15(19)20)17-14(18)10-21-13-7-5-12(6-8-13)16(2,3)4/h5-8,11H,9-10H2,1-4H3,(H,17,18)(H,19,20). The van der Waals surface area contributed by atoms with E-state index in [2.05, 4.69) is 26.1 Å². The Hall–Kier alpha value is -2.04. The maximum absolute atomic E-state index is 11.6. The topological polar surface area (TPSA) is 75.6 Å². The second-order valence-corrected chi connectivity index (χ2v) is 6.13. The van der Waals surface area contributed by atoms with Crippen LogP contribution in [-0.4, -0.2) is 29.6 Å². The van der Waals surface area contributed by atoms with E-state index in [1.807, 2.05) is 24.3 Å². The van der Waals surface area contributed by atoms with Crippen molar-refractivity contribution in [3.63, 3.8) is 0 Å². The van der Waals surface area contributed by atoms with E-state index in [4.69, 9.17) is 9.84 Å². The summed E-state index contributed by atoms with van der Waals surface area (Å²) in [6.45, 7) is 7.89. The van der Waals surface area contributed by atoms with Gasteiger partial charge >= 0.3 is 5.97 Å². The van der Waals surface area contributed by atoms with Gasteiger partial charge in [-0.15, -0.1) is 0 Å². The van der Waals surface area contributed by atoms with Crippen molar-refractivity contribution in [3.05, 3.63) is 29.8 Å². The van der Waals surface area contributed by atoms with Crippen molar-refractivity contribution in [2.75, 3.05) is 6.61 Å². The molecule has 2 N–H and O–H groups in total. The van der Waals surface area contributed by atoms with Crippen LogP contribution in [0.3, 0.4) is 0 Å². The first kappa shape index (κ1) is 17.0. The van der Waals surface area contributed by atoms with E-state index in [-0.39, 0.29) is 24.3 Å². The Labute approximate surface area is 125 Å². The van der Waals surface area contributed by atoms with Gasteiger partial charge < -0.3 is 15.2 Å². The van der Waals surface area contributed by atoms with Crippen LogP contribution < -0.4 is 10.1 Å². The van der Waals surface area contributed by atoms with Gasteiger partial charge in [-0.05, 0) is 30.0 Å². The van der Waals surface area contributed by atoms with E-state index >= 15 is 0 Å². The van der Waals surface area contributed by atoms with Crippen molar-refractivity contribution in [2.45, 2.75) is 45.6 Å². The zero-order chi connectivity index (χ0) is 16.0. The summed E-state index contributed by atoms with van der Waals surface area (Å²) in [6.07, 6.45) is -0.105. The summed E-state index contributed by atoms with van der Waals surface area (Å²) in [5.74, 6) is -0.658. The first-order valence-corrected chi connectivity index (χ1v) is 6.93. The van der Waals surface area contributed by atoms with E-state index in [0.717, 1.165) is 0 Å². The zero-order valence-electron chi connectivity index (χ0n) is 13.0. The molecule has 0 radical (unpaired) electrons. The number of carbonyl (C=O) groups excluding carboxylic acids is 1. The lowest BCUT2D eigenvalue weighted by Crippen LogP contribution is -2.37. The van der Waals surface area contributed by atoms with Crippen LogP contribution in [-0.2, 0) is 15.0 Å². The Bertz CT molecular complexity index is 488. The second-order valence-electron chi connectivity index (χ2n) is 6.13. The molecule has 0 heterocycles. The van der Waals surface area contributed by atoms with Gasteiger partial charge in [0.25, 0.3) is 5.91 Å². The van der Waals surface area contributed by atoms with Crippen LogP contribution in [0.15, 0.2) is 24.3 Å². The molecule has 1 aromatic carbocycles. The molecular weight excluding hydrogens is 270 g/mol. The highest BCUT2D eigenvalue weighted by Gasteiger charge is 2.14. The third-order valence-corrected chi connectivity index (χ3v) is 2.98. The van der Waals surface area contributed by atoms with Crippen LogP contribution in [0.4, 0.5) is 0 Å². The van der Waals surface area contributed by atoms with Crippen molar-refractivity contribution in [1.82, 2.24) is 5.32 Å². The quantitative estimate of drug-likeness (QED) is 0.844. The smallest absolute Gasteiger partial charge is 0.305 e. The maximum Gasteiger partial charge on any atom is 0.305 e. The summed E-state index contributed by atoms with van der Waals surface area (Å²) in [5, 5.41) is 11.2. The fourth-order valence-corrected chi connectivity index (χ4v) is 1.83. The fourth-order valence-electron chi connectivity index (χ4n) is 1.83. The number of hydrogen-bond acceptors (Lipinski definition) is 3. The number of ether oxygens (including phenoxy) is 1. The molecule has 0 saturated carbocycles. The number of benzene rings is 1. The summed E-state index contributed by atoms with van der Waals surface area (Å²) in [7, 11) is 0. The highest BCUT2D eigenvalue weighted by molar-refractivity contribution is 5.78. The molecule has 1 atom stereocenters. The Balaban J connectivity index is 2.45. The minimum absolute atomic E-state index is 0.0716. The largest absolute Gasteiger partial charge is 0.484 e. The molecule has 1 aromatic rings. The molecule has 0 aliphatic heterocycles. The lowest BCUT2D eigenvalue weighted by atomic mass is 9.87. The Morgan fingerprint density at radius 1 is 1.24 bits per heavy atom. The van der Waals surface area contributed by atoms with E-state index in [9.17, 15) is 9.59 Å². The second kappa shape index (κ2) is 7.11. The van der Waals surface area contributed by atoms with Gasteiger partial charge in [-0.3, -0.25) is 9.59 Å². The van der Waals surface area contributed by atoms with Gasteiger partial charge in [0.2, 0.25) is 0 Å². The molecule has 0 aliphatic rings. The number of nitrogens with one attached hydrogen (secondary N) is 1. The van der Waals surface area contributed by atoms with E-state index in [1.54, 1.807) is 6.92 Å². The highest BCUT2D eigenvalue weighted by Crippen LogP contribution is 2.24. The highest BCUT2D eigenvalue weighted by atomic mass is 16.5. The predicted molar refractivity (Wildman–Crippen MR) is 80.5 cm³/mol. The van der Waals surface area contributed by atoms with Gasteiger partial charge in [-0.2, -0.15) is 0 Å². The van der Waals surface area contributed by atoms with E-state index < -0.39 is 12.0 Å². The van der Waals surface area contributed by atoms with Crippen LogP contribution >= 0.6 is 0 Å². The molecule has 0 aromatic heterocycles. The van der Waals surface area contributed by atoms with Crippen molar-refractivity contribution in [1.29, 1.82) is 0 Å². The van der Waals surface area contributed by atoms with Gasteiger partial charge in [-0.25, -0.2) is 0 Å². The maximum atomic E-state index is 11.6. The van der Waals surface area contributed by atoms with Gasteiger partial charge in [0, 0.05) is 6.04 Å². The number of rotatable bonds is 6. The number of amides is 1. The monoisotopic (exact) mass is 293 g/mol. The van der Waals surface area contributed by atoms with Crippen molar-refractivity contribution >= 4 is 11.9 Å². The Morgan fingerprint density at radius 3 is 2.29 bits per heavy atom. The van der Waals surface area contributed by atoms with Crippen molar-refractivity contribution in [3.8, 4) is 5.75 Å². The van der Waals surface area contributed by atoms with Crippen LogP contribution in [0.25, 0.3) is 0 Å². The lowest BCUT2D eigenvalue weighted by Gasteiger charge is -2.19. The van der Waals surface area contributed by atoms with Crippen molar-refractivity contribution < 1.29 is 19.4 Å². The first-order chi connectivity index (χ1) is 9.68. The number of carbonyl (C=O) groups is 2. The molecule has 1 rings (SSSR count). The first-order valence-electron chi connectivity index (χ1n) is 6.93. The Kier molecular flexibility index (Phi) is 5.76. The van der Waals surface area contributed by atoms with Crippen LogP contribution in [0, 0.1) is 0 Å². The van der Waals surface area contributed by atoms with E-state index in [1.165, 1.54) is 5.56 Å². The summed E-state index contributed by atoms with van der Waals surface area (Å²) in [5.41, 5.74) is 1.26. The average Bonchev–Trinajstić information content (AvgIpc) is 2.34. The summed E-state index contributed by atoms with van der Waals surface area (Å²) < 4.78 is 5.38. The normalized spacial score (nSPS) is 12.6. The van der Waals surface area contributed by atoms with Crippen molar-refractivity contribution in [2.24, 2.45) is 0 Å². The molecule has 0 saturated heterocycles. The van der Waals surface area contributed by atoms with Crippen LogP contribution in [0.2, 0.25) is 0 Å². The van der Waals surface area contributed by atoms with Gasteiger partial charge in [0.15, 0.2) is 6.61 Å². The molecular formula is C16H23NO4.